The average Bonchev–Trinajstić information content (AvgIpc) is 3.55. The second-order valence-corrected chi connectivity index (χ2v) is 17.3. The summed E-state index contributed by atoms with van der Waals surface area (Å²) in [6, 6.07) is 81.3. The van der Waals surface area contributed by atoms with Crippen LogP contribution in [-0.4, -0.2) is 0 Å². The first kappa shape index (κ1) is 35.4. The number of benzene rings is 11. The molecule has 1 aliphatic carbocycles. The molecule has 0 radical (unpaired) electrons. The van der Waals surface area contributed by atoms with Gasteiger partial charge in [0, 0.05) is 5.41 Å². The molecule has 0 nitrogen and oxygen atoms in total. The Bertz CT molecular complexity index is 3530. The van der Waals surface area contributed by atoms with Gasteiger partial charge in [-0.25, -0.2) is 0 Å². The maximum Gasteiger partial charge on any atom is 0.0159 e. The smallest absolute Gasteiger partial charge is 0.0159 e. The Morgan fingerprint density at radius 1 is 0.230 bits per heavy atom. The molecule has 0 heteroatoms. The van der Waals surface area contributed by atoms with Gasteiger partial charge in [-0.3, -0.25) is 0 Å². The first-order valence-corrected chi connectivity index (χ1v) is 21.4. The largest absolute Gasteiger partial charge is 0.0622 e. The highest BCUT2D eigenvalue weighted by Gasteiger charge is 2.35. The monoisotopic (exact) mass is 774 g/mol. The van der Waals surface area contributed by atoms with Gasteiger partial charge in [-0.05, 0) is 170 Å². The third kappa shape index (κ3) is 5.82. The molecule has 0 N–H and O–H groups in total. The minimum atomic E-state index is -0.0187. The van der Waals surface area contributed by atoms with Crippen molar-refractivity contribution in [2.75, 3.05) is 0 Å². The van der Waals surface area contributed by atoms with Crippen molar-refractivity contribution in [3.63, 3.8) is 0 Å². The molecular formula is C61H42. The summed E-state index contributed by atoms with van der Waals surface area (Å²) in [4.78, 5) is 0. The van der Waals surface area contributed by atoms with Crippen LogP contribution in [0.15, 0.2) is 218 Å². The molecule has 0 atom stereocenters. The second kappa shape index (κ2) is 13.8. The fourth-order valence-corrected chi connectivity index (χ4v) is 10.2. The highest BCUT2D eigenvalue weighted by molar-refractivity contribution is 6.16. The van der Waals surface area contributed by atoms with E-state index in [0.29, 0.717) is 0 Å². The molecular weight excluding hydrogens is 733 g/mol. The van der Waals surface area contributed by atoms with Gasteiger partial charge < -0.3 is 0 Å². The topological polar surface area (TPSA) is 0 Å². The summed E-state index contributed by atoms with van der Waals surface area (Å²) in [5, 5.41) is 10.0. The van der Waals surface area contributed by atoms with E-state index in [9.17, 15) is 0 Å². The molecule has 61 heavy (non-hydrogen) atoms. The molecule has 0 bridgehead atoms. The van der Waals surface area contributed by atoms with Gasteiger partial charge in [-0.1, -0.05) is 184 Å². The molecule has 0 unspecified atom stereocenters. The molecule has 0 aromatic heterocycles. The summed E-state index contributed by atoms with van der Waals surface area (Å²) in [5.41, 5.74) is 17.9. The molecule has 0 amide bonds. The van der Waals surface area contributed by atoms with Crippen LogP contribution in [0.25, 0.3) is 110 Å². The first-order chi connectivity index (χ1) is 30.0. The second-order valence-electron chi connectivity index (χ2n) is 17.3. The summed E-state index contributed by atoms with van der Waals surface area (Å²) in [6.45, 7) is 4.71. The maximum atomic E-state index is 2.42. The predicted octanol–water partition coefficient (Wildman–Crippen LogP) is 16.9. The summed E-state index contributed by atoms with van der Waals surface area (Å²) in [5.74, 6) is 0. The summed E-state index contributed by atoms with van der Waals surface area (Å²) >= 11 is 0. The SMILES string of the molecule is CC1(C)c2ccccc2-c2ccc(-c3ccc4cc(-c5ccc6c(c5)cc(-c5ccccc5)c5cc(-c7cc8ccccc8cc7-c7ccccc7)ccc56)ccc4c3)cc21. The van der Waals surface area contributed by atoms with Crippen molar-refractivity contribution in [1.29, 1.82) is 0 Å². The van der Waals surface area contributed by atoms with Gasteiger partial charge in [0.1, 0.15) is 0 Å². The zero-order chi connectivity index (χ0) is 40.7. The molecule has 0 saturated carbocycles. The quantitative estimate of drug-likeness (QED) is 0.153. The van der Waals surface area contributed by atoms with Gasteiger partial charge >= 0.3 is 0 Å². The van der Waals surface area contributed by atoms with E-state index in [1.807, 2.05) is 0 Å². The van der Waals surface area contributed by atoms with E-state index in [-0.39, 0.29) is 5.41 Å². The molecule has 11 aromatic carbocycles. The van der Waals surface area contributed by atoms with Crippen LogP contribution in [0.1, 0.15) is 25.0 Å². The van der Waals surface area contributed by atoms with E-state index >= 15 is 0 Å². The standard InChI is InChI=1S/C61H42/c1-61(2)59-20-12-11-19-53(59)54-30-26-48(38-60(54)61)46-24-23-43-31-45(22-21-44(43)32-46)47-25-28-51-50(33-47)37-56(40-15-7-4-8-16-40)58-36-49(27-29-52(51)58)57-35-42-18-10-9-17-41(42)34-55(57)39-13-5-3-6-14-39/h3-38H,1-2H3. The van der Waals surface area contributed by atoms with Gasteiger partial charge in [-0.2, -0.15) is 0 Å². The number of fused-ring (bicyclic) bond motifs is 8. The summed E-state index contributed by atoms with van der Waals surface area (Å²) in [7, 11) is 0. The van der Waals surface area contributed by atoms with E-state index in [2.05, 4.69) is 232 Å². The molecule has 0 aliphatic heterocycles. The fraction of sp³-hybridized carbons (Fsp3) is 0.0492. The Balaban J connectivity index is 0.945. The molecule has 1 aliphatic rings. The summed E-state index contributed by atoms with van der Waals surface area (Å²) < 4.78 is 0. The number of hydrogen-bond donors (Lipinski definition) is 0. The van der Waals surface area contributed by atoms with Gasteiger partial charge in [0.25, 0.3) is 0 Å². The van der Waals surface area contributed by atoms with Crippen LogP contribution in [0.4, 0.5) is 0 Å². The van der Waals surface area contributed by atoms with E-state index in [1.165, 1.54) is 121 Å². The molecule has 12 rings (SSSR count). The van der Waals surface area contributed by atoms with E-state index < -0.39 is 0 Å². The minimum Gasteiger partial charge on any atom is -0.0622 e. The fourth-order valence-electron chi connectivity index (χ4n) is 10.2. The van der Waals surface area contributed by atoms with Crippen LogP contribution >= 0.6 is 0 Å². The van der Waals surface area contributed by atoms with E-state index in [1.54, 1.807) is 0 Å². The Morgan fingerprint density at radius 2 is 0.689 bits per heavy atom. The maximum absolute atomic E-state index is 2.42. The van der Waals surface area contributed by atoms with Crippen LogP contribution in [-0.2, 0) is 5.41 Å². The van der Waals surface area contributed by atoms with E-state index in [0.717, 1.165) is 0 Å². The van der Waals surface area contributed by atoms with Crippen molar-refractivity contribution in [2.24, 2.45) is 0 Å². The Kier molecular flexibility index (Phi) is 7.99. The number of rotatable bonds is 5. The Labute approximate surface area is 357 Å². The third-order valence-electron chi connectivity index (χ3n) is 13.4. The van der Waals surface area contributed by atoms with Gasteiger partial charge in [-0.15, -0.1) is 0 Å². The highest BCUT2D eigenvalue weighted by Crippen LogP contribution is 2.50. The van der Waals surface area contributed by atoms with E-state index in [4.69, 9.17) is 0 Å². The lowest BCUT2D eigenvalue weighted by atomic mass is 9.81. The van der Waals surface area contributed by atoms with Gasteiger partial charge in [0.05, 0.1) is 0 Å². The van der Waals surface area contributed by atoms with Gasteiger partial charge in [0.15, 0.2) is 0 Å². The highest BCUT2D eigenvalue weighted by atomic mass is 14.4. The van der Waals surface area contributed by atoms with Crippen molar-refractivity contribution >= 4 is 43.1 Å². The number of hydrogen-bond acceptors (Lipinski definition) is 0. The van der Waals surface area contributed by atoms with Crippen LogP contribution in [0.3, 0.4) is 0 Å². The van der Waals surface area contributed by atoms with Crippen molar-refractivity contribution in [1.82, 2.24) is 0 Å². The van der Waals surface area contributed by atoms with Crippen molar-refractivity contribution in [3.8, 4) is 66.8 Å². The van der Waals surface area contributed by atoms with Crippen molar-refractivity contribution in [2.45, 2.75) is 19.3 Å². The zero-order valence-electron chi connectivity index (χ0n) is 34.3. The Morgan fingerprint density at radius 3 is 1.38 bits per heavy atom. The molecule has 0 spiro atoms. The average molecular weight is 775 g/mol. The lowest BCUT2D eigenvalue weighted by Crippen LogP contribution is -2.14. The normalized spacial score (nSPS) is 12.9. The molecule has 0 saturated heterocycles. The van der Waals surface area contributed by atoms with Crippen molar-refractivity contribution in [3.05, 3.63) is 230 Å². The predicted molar refractivity (Wildman–Crippen MR) is 261 cm³/mol. The molecule has 286 valence electrons. The van der Waals surface area contributed by atoms with Crippen LogP contribution < -0.4 is 0 Å². The van der Waals surface area contributed by atoms with Crippen LogP contribution in [0.2, 0.25) is 0 Å². The van der Waals surface area contributed by atoms with Gasteiger partial charge in [0.2, 0.25) is 0 Å². The zero-order valence-corrected chi connectivity index (χ0v) is 34.3. The third-order valence-corrected chi connectivity index (χ3v) is 13.4. The lowest BCUT2D eigenvalue weighted by molar-refractivity contribution is 0.660. The molecule has 0 heterocycles. The first-order valence-electron chi connectivity index (χ1n) is 21.4. The lowest BCUT2D eigenvalue weighted by Gasteiger charge is -2.22. The van der Waals surface area contributed by atoms with Crippen LogP contribution in [0.5, 0.6) is 0 Å². The van der Waals surface area contributed by atoms with Crippen molar-refractivity contribution < 1.29 is 0 Å². The minimum absolute atomic E-state index is 0.0187. The molecule has 11 aromatic rings. The summed E-state index contributed by atoms with van der Waals surface area (Å²) in [6.07, 6.45) is 0. The Hall–Kier alpha value is -7.54. The molecule has 0 fully saturated rings. The van der Waals surface area contributed by atoms with Crippen LogP contribution in [0, 0.1) is 0 Å².